The molecule has 0 aliphatic carbocycles. The van der Waals surface area contributed by atoms with Crippen molar-refractivity contribution in [1.82, 2.24) is 5.32 Å². The summed E-state index contributed by atoms with van der Waals surface area (Å²) in [6, 6.07) is 12.1. The number of anilines is 1. The molecule has 1 aliphatic heterocycles. The molecule has 5 N–H and O–H groups in total. The maximum atomic E-state index is 9.64. The third kappa shape index (κ3) is 7.86. The summed E-state index contributed by atoms with van der Waals surface area (Å²) in [6.45, 7) is 4.48. The van der Waals surface area contributed by atoms with E-state index < -0.39 is 11.9 Å². The first-order chi connectivity index (χ1) is 15.3. The molecule has 172 valence electrons. The Kier molecular flexibility index (Phi) is 9.97. The third-order valence-corrected chi connectivity index (χ3v) is 5.34. The lowest BCUT2D eigenvalue weighted by Gasteiger charge is -2.16. The second kappa shape index (κ2) is 12.7. The van der Waals surface area contributed by atoms with Gasteiger partial charge < -0.3 is 26.1 Å². The second-order valence-corrected chi connectivity index (χ2v) is 7.74. The standard InChI is InChI=1S/C19H22ClN3O.C4H6O4/c1-13(23-24)15-4-2-14(3-5-15)12-22-19-17-9-11-21-10-8-16(17)6-7-18(19)20;5-3(6)1-2-4(7)8/h2-7,21-22,24H,8-12H2,1H3;1-2H2,(H,5,6)(H,7,8). The van der Waals surface area contributed by atoms with Gasteiger partial charge >= 0.3 is 11.9 Å². The molecular formula is C23H28ClN3O5. The van der Waals surface area contributed by atoms with Crippen LogP contribution in [-0.2, 0) is 29.0 Å². The second-order valence-electron chi connectivity index (χ2n) is 7.33. The number of fused-ring (bicyclic) bond motifs is 1. The fourth-order valence-corrected chi connectivity index (χ4v) is 3.50. The minimum atomic E-state index is -1.08. The summed E-state index contributed by atoms with van der Waals surface area (Å²) in [5, 5.41) is 35.6. The molecule has 0 saturated heterocycles. The molecule has 0 aromatic heterocycles. The number of rotatable bonds is 7. The van der Waals surface area contributed by atoms with Gasteiger partial charge in [0.1, 0.15) is 0 Å². The van der Waals surface area contributed by atoms with Crippen molar-refractivity contribution >= 4 is 34.9 Å². The molecular weight excluding hydrogens is 434 g/mol. The Balaban J connectivity index is 0.000000390. The number of carbonyl (C=O) groups is 2. The Bertz CT molecular complexity index is 947. The van der Waals surface area contributed by atoms with Gasteiger partial charge in [-0.1, -0.05) is 47.1 Å². The SMILES string of the molecule is CC(=NO)c1ccc(CNc2c(Cl)ccc3c2CCNCC3)cc1.O=C(O)CCC(=O)O. The highest BCUT2D eigenvalue weighted by molar-refractivity contribution is 6.33. The van der Waals surface area contributed by atoms with Crippen molar-refractivity contribution in [3.8, 4) is 0 Å². The van der Waals surface area contributed by atoms with Gasteiger partial charge in [0.25, 0.3) is 0 Å². The molecule has 0 radical (unpaired) electrons. The summed E-state index contributed by atoms with van der Waals surface area (Å²) in [6.07, 6.45) is 1.43. The minimum absolute atomic E-state index is 0.296. The molecule has 2 aromatic carbocycles. The van der Waals surface area contributed by atoms with Crippen LogP contribution in [0.5, 0.6) is 0 Å². The number of carboxylic acid groups (broad SMARTS) is 2. The van der Waals surface area contributed by atoms with Crippen molar-refractivity contribution < 1.29 is 25.0 Å². The van der Waals surface area contributed by atoms with Crippen LogP contribution in [0, 0.1) is 0 Å². The largest absolute Gasteiger partial charge is 0.481 e. The first kappa shape index (κ1) is 25.2. The number of halogens is 1. The Morgan fingerprint density at radius 1 is 1.03 bits per heavy atom. The molecule has 0 bridgehead atoms. The number of hydrogen-bond donors (Lipinski definition) is 5. The van der Waals surface area contributed by atoms with Gasteiger partial charge in [0, 0.05) is 6.54 Å². The van der Waals surface area contributed by atoms with Crippen molar-refractivity contribution in [3.05, 3.63) is 63.7 Å². The summed E-state index contributed by atoms with van der Waals surface area (Å²) in [7, 11) is 0. The van der Waals surface area contributed by atoms with Crippen LogP contribution in [0.25, 0.3) is 0 Å². The lowest BCUT2D eigenvalue weighted by molar-refractivity contribution is -0.143. The van der Waals surface area contributed by atoms with Crippen LogP contribution in [0.2, 0.25) is 5.02 Å². The molecule has 2 aromatic rings. The van der Waals surface area contributed by atoms with Gasteiger partial charge in [-0.05, 0) is 61.2 Å². The predicted octanol–water partition coefficient (Wildman–Crippen LogP) is 3.77. The molecule has 3 rings (SSSR count). The molecule has 9 heteroatoms. The van der Waals surface area contributed by atoms with Crippen molar-refractivity contribution in [2.45, 2.75) is 39.2 Å². The van der Waals surface area contributed by atoms with Crippen molar-refractivity contribution in [3.63, 3.8) is 0 Å². The van der Waals surface area contributed by atoms with E-state index in [9.17, 15) is 9.59 Å². The number of nitrogens with zero attached hydrogens (tertiary/aromatic N) is 1. The molecule has 8 nitrogen and oxygen atoms in total. The average Bonchev–Trinajstić information content (AvgIpc) is 3.03. The fourth-order valence-electron chi connectivity index (χ4n) is 3.26. The number of benzene rings is 2. The van der Waals surface area contributed by atoms with Crippen LogP contribution in [0.1, 0.15) is 42.0 Å². The Labute approximate surface area is 191 Å². The topological polar surface area (TPSA) is 131 Å². The highest BCUT2D eigenvalue weighted by atomic mass is 35.5. The number of carboxylic acids is 2. The van der Waals surface area contributed by atoms with Gasteiger partial charge in [-0.2, -0.15) is 0 Å². The minimum Gasteiger partial charge on any atom is -0.481 e. The van der Waals surface area contributed by atoms with Gasteiger partial charge in [0.2, 0.25) is 0 Å². The molecule has 0 atom stereocenters. The Morgan fingerprint density at radius 3 is 2.25 bits per heavy atom. The molecule has 0 spiro atoms. The van der Waals surface area contributed by atoms with Gasteiger partial charge in [-0.3, -0.25) is 9.59 Å². The van der Waals surface area contributed by atoms with Crippen LogP contribution >= 0.6 is 11.6 Å². The number of nitrogens with one attached hydrogen (secondary N) is 2. The monoisotopic (exact) mass is 461 g/mol. The summed E-state index contributed by atoms with van der Waals surface area (Å²) >= 11 is 6.44. The van der Waals surface area contributed by atoms with E-state index in [-0.39, 0.29) is 12.8 Å². The zero-order valence-corrected chi connectivity index (χ0v) is 18.7. The summed E-state index contributed by atoms with van der Waals surface area (Å²) < 4.78 is 0. The molecule has 32 heavy (non-hydrogen) atoms. The lowest BCUT2D eigenvalue weighted by atomic mass is 10.0. The number of oxime groups is 1. The molecule has 0 saturated carbocycles. The van der Waals surface area contributed by atoms with Crippen LogP contribution < -0.4 is 10.6 Å². The predicted molar refractivity (Wildman–Crippen MR) is 124 cm³/mol. The molecule has 0 amide bonds. The van der Waals surface area contributed by atoms with E-state index in [1.165, 1.54) is 11.1 Å². The first-order valence-electron chi connectivity index (χ1n) is 10.3. The average molecular weight is 462 g/mol. The van der Waals surface area contributed by atoms with Crippen LogP contribution in [0.3, 0.4) is 0 Å². The maximum absolute atomic E-state index is 9.64. The van der Waals surface area contributed by atoms with E-state index in [4.69, 9.17) is 27.0 Å². The summed E-state index contributed by atoms with van der Waals surface area (Å²) in [5.74, 6) is -2.15. The molecule has 1 heterocycles. The quantitative estimate of drug-likeness (QED) is 0.241. The smallest absolute Gasteiger partial charge is 0.303 e. The lowest BCUT2D eigenvalue weighted by Crippen LogP contribution is -2.16. The van der Waals surface area contributed by atoms with E-state index in [1.807, 2.05) is 30.3 Å². The Hall–Kier alpha value is -3.10. The number of hydrogen-bond acceptors (Lipinski definition) is 6. The van der Waals surface area contributed by atoms with Gasteiger partial charge in [0.05, 0.1) is 29.3 Å². The third-order valence-electron chi connectivity index (χ3n) is 5.03. The van der Waals surface area contributed by atoms with Gasteiger partial charge in [-0.15, -0.1) is 0 Å². The van der Waals surface area contributed by atoms with Gasteiger partial charge in [0.15, 0.2) is 0 Å². The molecule has 0 fully saturated rings. The van der Waals surface area contributed by atoms with Crippen molar-refractivity contribution in [2.75, 3.05) is 18.4 Å². The van der Waals surface area contributed by atoms with Crippen LogP contribution in [0.4, 0.5) is 5.69 Å². The van der Waals surface area contributed by atoms with Crippen molar-refractivity contribution in [1.29, 1.82) is 0 Å². The maximum Gasteiger partial charge on any atom is 0.303 e. The van der Waals surface area contributed by atoms with E-state index >= 15 is 0 Å². The highest BCUT2D eigenvalue weighted by Crippen LogP contribution is 2.31. The van der Waals surface area contributed by atoms with E-state index in [0.717, 1.165) is 47.8 Å². The number of aliphatic carboxylic acids is 2. The van der Waals surface area contributed by atoms with E-state index in [2.05, 4.69) is 21.9 Å². The normalized spacial score (nSPS) is 13.2. The highest BCUT2D eigenvalue weighted by Gasteiger charge is 2.14. The molecule has 0 unspecified atom stereocenters. The first-order valence-corrected chi connectivity index (χ1v) is 10.7. The van der Waals surface area contributed by atoms with Crippen molar-refractivity contribution in [2.24, 2.45) is 5.16 Å². The van der Waals surface area contributed by atoms with E-state index in [0.29, 0.717) is 12.3 Å². The zero-order valence-electron chi connectivity index (χ0n) is 17.9. The zero-order chi connectivity index (χ0) is 23.5. The Morgan fingerprint density at radius 2 is 1.66 bits per heavy atom. The summed E-state index contributed by atoms with van der Waals surface area (Å²) in [4.78, 5) is 19.3. The van der Waals surface area contributed by atoms with E-state index in [1.54, 1.807) is 6.92 Å². The fraction of sp³-hybridized carbons (Fsp3) is 0.348. The van der Waals surface area contributed by atoms with Crippen LogP contribution in [0.15, 0.2) is 41.6 Å². The summed E-state index contributed by atoms with van der Waals surface area (Å²) in [5.41, 5.74) is 6.43. The van der Waals surface area contributed by atoms with Crippen LogP contribution in [-0.4, -0.2) is 46.2 Å². The molecule has 1 aliphatic rings. The van der Waals surface area contributed by atoms with Gasteiger partial charge in [-0.25, -0.2) is 0 Å².